The molecule has 0 radical (unpaired) electrons. The minimum Gasteiger partial charge on any atom is -0.508 e. The summed E-state index contributed by atoms with van der Waals surface area (Å²) in [5.41, 5.74) is 0.197. The Morgan fingerprint density at radius 1 is 1.05 bits per heavy atom. The van der Waals surface area contributed by atoms with Crippen molar-refractivity contribution in [3.63, 3.8) is 0 Å². The standard InChI is InChI=1S/C34H36F2N6O2/c35-26-6-1-4-19-12-23(43)13-24(28(19)26)30-29(36)31-25(15-37-30)32(41-16-21-8-9-22(17-41)38-21)40-33(39-31)44-18-34-10-3-11-42(34)27-7-2-5-20(27)14-34/h1,4,6,12-13,15,20-22,27,38,43H,2-3,5,7-11,14,16-18H2/t20-,21?,22?,27-,34+/m0/s1. The number of ether oxygens (including phenoxy) is 1. The van der Waals surface area contributed by atoms with Gasteiger partial charge in [0.2, 0.25) is 0 Å². The molecule has 44 heavy (non-hydrogen) atoms. The molecule has 2 bridgehead atoms. The first-order valence-electron chi connectivity index (χ1n) is 16.1. The highest BCUT2D eigenvalue weighted by atomic mass is 19.1. The summed E-state index contributed by atoms with van der Waals surface area (Å²) in [5, 5.41) is 15.3. The Balaban J connectivity index is 1.16. The van der Waals surface area contributed by atoms with Gasteiger partial charge in [-0.15, -0.1) is 0 Å². The summed E-state index contributed by atoms with van der Waals surface area (Å²) in [7, 11) is 0. The van der Waals surface area contributed by atoms with Crippen molar-refractivity contribution in [3.8, 4) is 23.0 Å². The van der Waals surface area contributed by atoms with Gasteiger partial charge in [-0.1, -0.05) is 18.6 Å². The van der Waals surface area contributed by atoms with Crippen LogP contribution in [0.1, 0.15) is 51.4 Å². The molecule has 6 heterocycles. The first-order valence-corrected chi connectivity index (χ1v) is 16.1. The van der Waals surface area contributed by atoms with Crippen molar-refractivity contribution in [2.24, 2.45) is 5.92 Å². The van der Waals surface area contributed by atoms with Gasteiger partial charge in [-0.2, -0.15) is 9.97 Å². The number of hydrogen-bond donors (Lipinski definition) is 2. The number of fused-ring (bicyclic) bond motifs is 7. The molecule has 4 aromatic rings. The van der Waals surface area contributed by atoms with Crippen LogP contribution in [0.3, 0.4) is 0 Å². The average molecular weight is 599 g/mol. The van der Waals surface area contributed by atoms with Crippen molar-refractivity contribution in [1.82, 2.24) is 25.2 Å². The normalized spacial score (nSPS) is 29.5. The van der Waals surface area contributed by atoms with Crippen LogP contribution < -0.4 is 15.0 Å². The number of phenols is 1. The van der Waals surface area contributed by atoms with E-state index in [1.165, 1.54) is 37.5 Å². The lowest BCUT2D eigenvalue weighted by Crippen LogP contribution is -2.51. The van der Waals surface area contributed by atoms with Crippen LogP contribution >= 0.6 is 0 Å². The Kier molecular flexibility index (Phi) is 6.04. The van der Waals surface area contributed by atoms with Crippen molar-refractivity contribution < 1.29 is 18.6 Å². The zero-order valence-electron chi connectivity index (χ0n) is 24.6. The van der Waals surface area contributed by atoms with E-state index in [1.54, 1.807) is 18.3 Å². The van der Waals surface area contributed by atoms with Crippen molar-refractivity contribution in [1.29, 1.82) is 0 Å². The number of anilines is 1. The number of phenolic OH excluding ortho intramolecular Hbond substituents is 1. The van der Waals surface area contributed by atoms with E-state index in [1.807, 2.05) is 0 Å². The number of aromatic nitrogens is 3. The summed E-state index contributed by atoms with van der Waals surface area (Å²) >= 11 is 0. The van der Waals surface area contributed by atoms with E-state index in [-0.39, 0.29) is 39.5 Å². The van der Waals surface area contributed by atoms with Gasteiger partial charge in [-0.3, -0.25) is 9.88 Å². The molecule has 2 unspecified atom stereocenters. The molecular weight excluding hydrogens is 562 g/mol. The topological polar surface area (TPSA) is 86.6 Å². The van der Waals surface area contributed by atoms with Crippen molar-refractivity contribution >= 4 is 27.5 Å². The molecule has 10 heteroatoms. The molecule has 2 N–H and O–H groups in total. The molecule has 5 fully saturated rings. The number of rotatable bonds is 5. The Morgan fingerprint density at radius 2 is 1.91 bits per heavy atom. The Bertz CT molecular complexity index is 1790. The SMILES string of the molecule is Oc1cc(-c2ncc3c(N4CC5CCC(C4)N5)nc(OC[C@]45CCCN4[C@H]4CCC[C@H]4C5)nc3c2F)c2c(F)cccc2c1. The maximum atomic E-state index is 16.7. The maximum absolute atomic E-state index is 16.7. The second-order valence-corrected chi connectivity index (χ2v) is 13.7. The lowest BCUT2D eigenvalue weighted by molar-refractivity contribution is 0.0832. The summed E-state index contributed by atoms with van der Waals surface area (Å²) in [6, 6.07) is 8.93. The number of piperazine rings is 1. The van der Waals surface area contributed by atoms with Gasteiger partial charge in [0.1, 0.15) is 35.2 Å². The van der Waals surface area contributed by atoms with Crippen LogP contribution in [0, 0.1) is 17.6 Å². The third kappa shape index (κ3) is 4.10. The monoisotopic (exact) mass is 598 g/mol. The molecule has 8 nitrogen and oxygen atoms in total. The Labute approximate surface area is 254 Å². The fraction of sp³-hybridized carbons (Fsp3) is 0.500. The number of pyridine rings is 1. The van der Waals surface area contributed by atoms with Crippen LogP contribution in [0.5, 0.6) is 11.8 Å². The predicted octanol–water partition coefficient (Wildman–Crippen LogP) is 5.56. The minimum atomic E-state index is -0.680. The second-order valence-electron chi connectivity index (χ2n) is 13.7. The fourth-order valence-electron chi connectivity index (χ4n) is 9.30. The zero-order chi connectivity index (χ0) is 29.6. The van der Waals surface area contributed by atoms with E-state index in [2.05, 4.69) is 25.1 Å². The molecule has 2 aromatic heterocycles. The molecule has 5 atom stereocenters. The summed E-state index contributed by atoms with van der Waals surface area (Å²) in [6.07, 6.45) is 11.0. The van der Waals surface area contributed by atoms with Gasteiger partial charge >= 0.3 is 6.01 Å². The molecule has 0 amide bonds. The van der Waals surface area contributed by atoms with E-state index < -0.39 is 11.6 Å². The highest BCUT2D eigenvalue weighted by Gasteiger charge is 2.55. The van der Waals surface area contributed by atoms with Crippen molar-refractivity contribution in [2.45, 2.75) is 75.0 Å². The van der Waals surface area contributed by atoms with E-state index in [9.17, 15) is 5.11 Å². The van der Waals surface area contributed by atoms with Crippen LogP contribution in [0.4, 0.5) is 14.6 Å². The number of halogens is 2. The Morgan fingerprint density at radius 3 is 2.77 bits per heavy atom. The van der Waals surface area contributed by atoms with Crippen molar-refractivity contribution in [2.75, 3.05) is 31.1 Å². The highest BCUT2D eigenvalue weighted by molar-refractivity contribution is 6.00. The third-order valence-electron chi connectivity index (χ3n) is 11.1. The van der Waals surface area contributed by atoms with Gasteiger partial charge < -0.3 is 20.1 Å². The predicted molar refractivity (Wildman–Crippen MR) is 164 cm³/mol. The van der Waals surface area contributed by atoms with Crippen LogP contribution in [0.15, 0.2) is 36.5 Å². The third-order valence-corrected chi connectivity index (χ3v) is 11.1. The van der Waals surface area contributed by atoms with Gasteiger partial charge in [0, 0.05) is 48.4 Å². The summed E-state index contributed by atoms with van der Waals surface area (Å²) in [4.78, 5) is 19.0. The summed E-state index contributed by atoms with van der Waals surface area (Å²) < 4.78 is 38.3. The number of aromatic hydroxyl groups is 1. The van der Waals surface area contributed by atoms with Gasteiger partial charge in [-0.25, -0.2) is 8.78 Å². The molecule has 4 aliphatic heterocycles. The van der Waals surface area contributed by atoms with Gasteiger partial charge in [0.15, 0.2) is 5.82 Å². The first-order chi connectivity index (χ1) is 21.5. The van der Waals surface area contributed by atoms with Crippen molar-refractivity contribution in [3.05, 3.63) is 48.2 Å². The largest absolute Gasteiger partial charge is 0.508 e. The minimum absolute atomic E-state index is 0.0116. The number of benzene rings is 2. The smallest absolute Gasteiger partial charge is 0.319 e. The maximum Gasteiger partial charge on any atom is 0.319 e. The van der Waals surface area contributed by atoms with E-state index in [0.29, 0.717) is 41.3 Å². The second kappa shape index (κ2) is 9.94. The lowest BCUT2D eigenvalue weighted by Gasteiger charge is -2.35. The molecule has 2 aromatic carbocycles. The van der Waals surface area contributed by atoms with E-state index >= 15 is 8.78 Å². The average Bonchev–Trinajstić information content (AvgIpc) is 3.77. The fourth-order valence-corrected chi connectivity index (χ4v) is 9.30. The zero-order valence-corrected chi connectivity index (χ0v) is 24.6. The van der Waals surface area contributed by atoms with Crippen LogP contribution in [0.2, 0.25) is 0 Å². The molecule has 0 spiro atoms. The van der Waals surface area contributed by atoms with Gasteiger partial charge in [0.05, 0.1) is 10.9 Å². The molecule has 9 rings (SSSR count). The van der Waals surface area contributed by atoms with Crippen LogP contribution in [-0.2, 0) is 0 Å². The molecule has 1 saturated carbocycles. The molecular formula is C34H36F2N6O2. The highest BCUT2D eigenvalue weighted by Crippen LogP contribution is 2.51. The summed E-state index contributed by atoms with van der Waals surface area (Å²) in [5.74, 6) is 0.0681. The van der Waals surface area contributed by atoms with Gasteiger partial charge in [0.25, 0.3) is 0 Å². The molecule has 228 valence electrons. The number of hydrogen-bond acceptors (Lipinski definition) is 8. The summed E-state index contributed by atoms with van der Waals surface area (Å²) in [6.45, 7) is 3.11. The lowest BCUT2D eigenvalue weighted by atomic mass is 9.90. The molecule has 1 aliphatic carbocycles. The molecule has 4 saturated heterocycles. The van der Waals surface area contributed by atoms with Crippen LogP contribution in [0.25, 0.3) is 32.9 Å². The van der Waals surface area contributed by atoms with Crippen LogP contribution in [-0.4, -0.2) is 74.9 Å². The molecule has 5 aliphatic rings. The number of nitrogens with one attached hydrogen (secondary N) is 1. The first kappa shape index (κ1) is 26.7. The van der Waals surface area contributed by atoms with E-state index in [0.717, 1.165) is 57.7 Å². The Hall–Kier alpha value is -3.63. The quantitative estimate of drug-likeness (QED) is 0.309. The van der Waals surface area contributed by atoms with E-state index in [4.69, 9.17) is 9.72 Å². The number of nitrogens with zero attached hydrogens (tertiary/aromatic N) is 5. The van der Waals surface area contributed by atoms with Gasteiger partial charge in [-0.05, 0) is 81.0 Å².